The van der Waals surface area contributed by atoms with Crippen molar-refractivity contribution in [3.63, 3.8) is 0 Å². The van der Waals surface area contributed by atoms with E-state index in [1.54, 1.807) is 13.3 Å². The maximum atomic E-state index is 11.7. The molecule has 1 heterocycles. The number of nitrogens with zero attached hydrogens (tertiary/aromatic N) is 2. The highest BCUT2D eigenvalue weighted by molar-refractivity contribution is 5.86. The number of aldehydes is 1. The Labute approximate surface area is 143 Å². The molecule has 134 valence electrons. The second-order valence-corrected chi connectivity index (χ2v) is 5.81. The minimum Gasteiger partial charge on any atom is -0.347 e. The Kier molecular flexibility index (Phi) is 9.41. The molecule has 0 spiro atoms. The minimum atomic E-state index is -0.639. The maximum Gasteiger partial charge on any atom is 0.239 e. The van der Waals surface area contributed by atoms with Gasteiger partial charge in [0.05, 0.1) is 24.6 Å². The van der Waals surface area contributed by atoms with E-state index in [0.717, 1.165) is 18.7 Å². The maximum absolute atomic E-state index is 11.7. The number of carbonyl (C=O) groups excluding carboxylic acids is 3. The van der Waals surface area contributed by atoms with Gasteiger partial charge in [0.2, 0.25) is 11.8 Å². The molecule has 2 amide bonds. The number of imidazole rings is 1. The normalized spacial score (nSPS) is 11.8. The van der Waals surface area contributed by atoms with Crippen LogP contribution in [0.15, 0.2) is 12.5 Å². The number of hydrogen-bond acceptors (Lipinski definition) is 4. The zero-order chi connectivity index (χ0) is 17.8. The van der Waals surface area contributed by atoms with Crippen molar-refractivity contribution in [2.45, 2.75) is 65.0 Å². The molecule has 1 aromatic rings. The summed E-state index contributed by atoms with van der Waals surface area (Å²) < 4.78 is 2.01. The molecule has 0 saturated carbocycles. The van der Waals surface area contributed by atoms with Crippen LogP contribution in [0, 0.1) is 0 Å². The van der Waals surface area contributed by atoms with Gasteiger partial charge in [-0.05, 0) is 6.42 Å². The van der Waals surface area contributed by atoms with Crippen LogP contribution in [0.25, 0.3) is 0 Å². The number of amides is 2. The summed E-state index contributed by atoms with van der Waals surface area (Å²) in [6.45, 7) is 4.67. The number of unbranched alkanes of at least 4 members (excludes halogenated alkanes) is 3. The highest BCUT2D eigenvalue weighted by atomic mass is 16.2. The number of aryl methyl sites for hydroxylation is 1. The lowest BCUT2D eigenvalue weighted by molar-refractivity contribution is -0.127. The van der Waals surface area contributed by atoms with Crippen LogP contribution in [0.4, 0.5) is 0 Å². The molecule has 2 N–H and O–H groups in total. The first-order valence-corrected chi connectivity index (χ1v) is 8.61. The molecule has 24 heavy (non-hydrogen) atoms. The molecule has 0 aliphatic heterocycles. The molecule has 0 fully saturated rings. The van der Waals surface area contributed by atoms with Crippen molar-refractivity contribution in [3.8, 4) is 0 Å². The SMILES string of the molecule is CCCCCCn1cnc(CC(C=O)NC(=O)CNC(=O)CC)c1. The number of hydrogen-bond donors (Lipinski definition) is 2. The van der Waals surface area contributed by atoms with E-state index < -0.39 is 6.04 Å². The Hall–Kier alpha value is -2.18. The lowest BCUT2D eigenvalue weighted by Crippen LogP contribution is -2.43. The van der Waals surface area contributed by atoms with Crippen molar-refractivity contribution in [2.24, 2.45) is 0 Å². The largest absolute Gasteiger partial charge is 0.347 e. The Morgan fingerprint density at radius 2 is 2.04 bits per heavy atom. The molecular formula is C17H28N4O3. The van der Waals surface area contributed by atoms with Gasteiger partial charge in [0, 0.05) is 25.6 Å². The van der Waals surface area contributed by atoms with E-state index in [-0.39, 0.29) is 18.4 Å². The summed E-state index contributed by atoms with van der Waals surface area (Å²) in [4.78, 5) is 38.3. The monoisotopic (exact) mass is 336 g/mol. The van der Waals surface area contributed by atoms with Crippen molar-refractivity contribution in [3.05, 3.63) is 18.2 Å². The van der Waals surface area contributed by atoms with Crippen LogP contribution in [0.1, 0.15) is 51.6 Å². The highest BCUT2D eigenvalue weighted by Crippen LogP contribution is 2.05. The van der Waals surface area contributed by atoms with Gasteiger partial charge >= 0.3 is 0 Å². The fraction of sp³-hybridized carbons (Fsp3) is 0.647. The summed E-state index contributed by atoms with van der Waals surface area (Å²) in [5, 5.41) is 5.07. The van der Waals surface area contributed by atoms with E-state index in [4.69, 9.17) is 0 Å². The average Bonchev–Trinajstić information content (AvgIpc) is 3.03. The zero-order valence-electron chi connectivity index (χ0n) is 14.6. The molecule has 1 unspecified atom stereocenters. The van der Waals surface area contributed by atoms with E-state index in [9.17, 15) is 14.4 Å². The van der Waals surface area contributed by atoms with Crippen LogP contribution < -0.4 is 10.6 Å². The molecule has 7 heteroatoms. The van der Waals surface area contributed by atoms with Gasteiger partial charge in [-0.25, -0.2) is 4.98 Å². The standard InChI is InChI=1S/C17H28N4O3/c1-3-5-6-7-8-21-11-14(19-13-21)9-15(12-22)20-17(24)10-18-16(23)4-2/h11-13,15H,3-10H2,1-2H3,(H,18,23)(H,20,24). The summed E-state index contributed by atoms with van der Waals surface area (Å²) in [5.74, 6) is -0.581. The summed E-state index contributed by atoms with van der Waals surface area (Å²) in [6.07, 6.45) is 9.76. The van der Waals surface area contributed by atoms with E-state index in [2.05, 4.69) is 22.5 Å². The average molecular weight is 336 g/mol. The van der Waals surface area contributed by atoms with Crippen LogP contribution in [0.5, 0.6) is 0 Å². The third-order valence-corrected chi connectivity index (χ3v) is 3.66. The summed E-state index contributed by atoms with van der Waals surface area (Å²) >= 11 is 0. The van der Waals surface area contributed by atoms with Crippen LogP contribution in [0.3, 0.4) is 0 Å². The van der Waals surface area contributed by atoms with Gasteiger partial charge in [-0.2, -0.15) is 0 Å². The first-order chi connectivity index (χ1) is 11.6. The second kappa shape index (κ2) is 11.4. The Morgan fingerprint density at radius 1 is 1.25 bits per heavy atom. The van der Waals surface area contributed by atoms with Crippen LogP contribution >= 0.6 is 0 Å². The van der Waals surface area contributed by atoms with Gasteiger partial charge in [-0.1, -0.05) is 33.1 Å². The summed E-state index contributed by atoms with van der Waals surface area (Å²) in [7, 11) is 0. The van der Waals surface area contributed by atoms with E-state index in [1.165, 1.54) is 19.3 Å². The fourth-order valence-electron chi connectivity index (χ4n) is 2.28. The van der Waals surface area contributed by atoms with Crippen molar-refractivity contribution >= 4 is 18.1 Å². The molecule has 1 aromatic heterocycles. The molecule has 0 radical (unpaired) electrons. The smallest absolute Gasteiger partial charge is 0.239 e. The molecule has 0 saturated heterocycles. The molecule has 1 atom stereocenters. The lowest BCUT2D eigenvalue weighted by Gasteiger charge is -2.11. The molecule has 0 aromatic carbocycles. The van der Waals surface area contributed by atoms with Crippen LogP contribution in [-0.2, 0) is 27.3 Å². The van der Waals surface area contributed by atoms with E-state index in [0.29, 0.717) is 19.1 Å². The summed E-state index contributed by atoms with van der Waals surface area (Å²) in [5.41, 5.74) is 0.764. The van der Waals surface area contributed by atoms with Gasteiger partial charge in [0.15, 0.2) is 0 Å². The first kappa shape index (κ1) is 19.9. The van der Waals surface area contributed by atoms with Crippen LogP contribution in [-0.4, -0.2) is 40.2 Å². The van der Waals surface area contributed by atoms with Crippen molar-refractivity contribution in [1.82, 2.24) is 20.2 Å². The predicted octanol–water partition coefficient (Wildman–Crippen LogP) is 1.22. The minimum absolute atomic E-state index is 0.122. The molecule has 0 aliphatic rings. The predicted molar refractivity (Wildman–Crippen MR) is 91.4 cm³/mol. The second-order valence-electron chi connectivity index (χ2n) is 5.81. The van der Waals surface area contributed by atoms with Gasteiger partial charge in [-0.15, -0.1) is 0 Å². The third-order valence-electron chi connectivity index (χ3n) is 3.66. The van der Waals surface area contributed by atoms with Crippen LogP contribution in [0.2, 0.25) is 0 Å². The van der Waals surface area contributed by atoms with Crippen molar-refractivity contribution < 1.29 is 14.4 Å². The third kappa shape index (κ3) is 7.89. The quantitative estimate of drug-likeness (QED) is 0.443. The number of nitrogens with one attached hydrogen (secondary N) is 2. The summed E-state index contributed by atoms with van der Waals surface area (Å²) in [6, 6.07) is -0.639. The number of carbonyl (C=O) groups is 3. The number of rotatable bonds is 12. The zero-order valence-corrected chi connectivity index (χ0v) is 14.6. The topological polar surface area (TPSA) is 93.1 Å². The molecule has 0 aliphatic carbocycles. The number of aromatic nitrogens is 2. The fourth-order valence-corrected chi connectivity index (χ4v) is 2.28. The molecule has 7 nitrogen and oxygen atoms in total. The van der Waals surface area contributed by atoms with Gasteiger partial charge in [-0.3, -0.25) is 9.59 Å². The Morgan fingerprint density at radius 3 is 2.71 bits per heavy atom. The van der Waals surface area contributed by atoms with E-state index in [1.807, 2.05) is 10.8 Å². The van der Waals surface area contributed by atoms with E-state index >= 15 is 0 Å². The first-order valence-electron chi connectivity index (χ1n) is 8.61. The van der Waals surface area contributed by atoms with Gasteiger partial charge < -0.3 is 20.0 Å². The van der Waals surface area contributed by atoms with Crippen molar-refractivity contribution in [2.75, 3.05) is 6.54 Å². The van der Waals surface area contributed by atoms with Gasteiger partial charge in [0.25, 0.3) is 0 Å². The molecular weight excluding hydrogens is 308 g/mol. The lowest BCUT2D eigenvalue weighted by atomic mass is 10.2. The Bertz CT molecular complexity index is 528. The Balaban J connectivity index is 2.39. The van der Waals surface area contributed by atoms with Crippen molar-refractivity contribution in [1.29, 1.82) is 0 Å². The molecule has 1 rings (SSSR count). The van der Waals surface area contributed by atoms with Gasteiger partial charge in [0.1, 0.15) is 6.29 Å². The molecule has 0 bridgehead atoms. The highest BCUT2D eigenvalue weighted by Gasteiger charge is 2.14.